The average molecular weight is 254 g/mol. The van der Waals surface area contributed by atoms with Crippen LogP contribution in [0.3, 0.4) is 0 Å². The van der Waals surface area contributed by atoms with E-state index in [0.717, 1.165) is 25.9 Å². The van der Waals surface area contributed by atoms with Crippen molar-refractivity contribution in [2.75, 3.05) is 13.1 Å². The predicted octanol–water partition coefficient (Wildman–Crippen LogP) is 2.43. The van der Waals surface area contributed by atoms with E-state index < -0.39 is 5.60 Å². The molecule has 0 radical (unpaired) electrons. The molecule has 0 aromatic heterocycles. The highest BCUT2D eigenvalue weighted by molar-refractivity contribution is 5.68. The Labute approximate surface area is 110 Å². The second-order valence-electron chi connectivity index (χ2n) is 6.87. The van der Waals surface area contributed by atoms with Crippen molar-refractivity contribution in [3.8, 4) is 0 Å². The lowest BCUT2D eigenvalue weighted by atomic mass is 9.71. The number of amides is 1. The number of hydrogen-bond donors (Lipinski definition) is 2. The number of carbonyl (C=O) groups is 1. The molecule has 0 unspecified atom stereocenters. The number of rotatable bonds is 1. The van der Waals surface area contributed by atoms with Crippen molar-refractivity contribution in [1.82, 2.24) is 10.6 Å². The average Bonchev–Trinajstić information content (AvgIpc) is 2.63. The minimum Gasteiger partial charge on any atom is -0.444 e. The first kappa shape index (κ1) is 13.7. The van der Waals surface area contributed by atoms with Crippen molar-refractivity contribution >= 4 is 6.09 Å². The van der Waals surface area contributed by atoms with Gasteiger partial charge in [-0.15, -0.1) is 0 Å². The highest BCUT2D eigenvalue weighted by atomic mass is 16.6. The molecule has 1 amide bonds. The van der Waals surface area contributed by atoms with Gasteiger partial charge in [0.15, 0.2) is 0 Å². The predicted molar refractivity (Wildman–Crippen MR) is 71.5 cm³/mol. The van der Waals surface area contributed by atoms with Crippen LogP contribution in [-0.4, -0.2) is 30.8 Å². The summed E-state index contributed by atoms with van der Waals surface area (Å²) < 4.78 is 5.33. The van der Waals surface area contributed by atoms with E-state index in [4.69, 9.17) is 4.74 Å². The second-order valence-corrected chi connectivity index (χ2v) is 6.87. The van der Waals surface area contributed by atoms with Gasteiger partial charge in [-0.05, 0) is 58.4 Å². The van der Waals surface area contributed by atoms with Crippen molar-refractivity contribution in [3.05, 3.63) is 0 Å². The van der Waals surface area contributed by atoms with E-state index in [1.54, 1.807) is 0 Å². The van der Waals surface area contributed by atoms with Gasteiger partial charge in [-0.3, -0.25) is 0 Å². The molecule has 2 fully saturated rings. The molecule has 1 spiro atoms. The Hall–Kier alpha value is -0.770. The van der Waals surface area contributed by atoms with Gasteiger partial charge in [0.25, 0.3) is 0 Å². The molecule has 0 bridgehead atoms. The molecule has 2 atom stereocenters. The largest absolute Gasteiger partial charge is 0.444 e. The Kier molecular flexibility index (Phi) is 3.85. The van der Waals surface area contributed by atoms with Crippen LogP contribution in [0.15, 0.2) is 0 Å². The van der Waals surface area contributed by atoms with Gasteiger partial charge in [0.1, 0.15) is 5.60 Å². The van der Waals surface area contributed by atoms with Crippen molar-refractivity contribution in [2.24, 2.45) is 5.41 Å². The zero-order chi connectivity index (χ0) is 13.2. The molecule has 1 aliphatic carbocycles. The molecule has 0 aromatic carbocycles. The molecule has 4 nitrogen and oxygen atoms in total. The first-order valence-electron chi connectivity index (χ1n) is 7.09. The summed E-state index contributed by atoms with van der Waals surface area (Å²) >= 11 is 0. The molecule has 1 aliphatic heterocycles. The lowest BCUT2D eigenvalue weighted by Gasteiger charge is -2.38. The first-order valence-corrected chi connectivity index (χ1v) is 7.09. The monoisotopic (exact) mass is 254 g/mol. The van der Waals surface area contributed by atoms with E-state index in [9.17, 15) is 4.79 Å². The van der Waals surface area contributed by atoms with Gasteiger partial charge >= 0.3 is 6.09 Å². The Morgan fingerprint density at radius 2 is 2.17 bits per heavy atom. The third kappa shape index (κ3) is 3.61. The van der Waals surface area contributed by atoms with Crippen molar-refractivity contribution in [3.63, 3.8) is 0 Å². The quantitative estimate of drug-likeness (QED) is 0.755. The molecule has 1 saturated heterocycles. The van der Waals surface area contributed by atoms with Gasteiger partial charge in [0.2, 0.25) is 0 Å². The smallest absolute Gasteiger partial charge is 0.407 e. The topological polar surface area (TPSA) is 50.4 Å². The minimum atomic E-state index is -0.411. The van der Waals surface area contributed by atoms with Crippen LogP contribution in [0.5, 0.6) is 0 Å². The van der Waals surface area contributed by atoms with E-state index in [1.165, 1.54) is 19.3 Å². The second kappa shape index (κ2) is 5.08. The lowest BCUT2D eigenvalue weighted by Crippen LogP contribution is -2.45. The zero-order valence-corrected chi connectivity index (χ0v) is 11.8. The fourth-order valence-corrected chi connectivity index (χ4v) is 3.23. The Morgan fingerprint density at radius 3 is 2.78 bits per heavy atom. The third-order valence-corrected chi connectivity index (χ3v) is 3.99. The van der Waals surface area contributed by atoms with Crippen LogP contribution in [0, 0.1) is 5.41 Å². The summed E-state index contributed by atoms with van der Waals surface area (Å²) in [6.45, 7) is 7.93. The fourth-order valence-electron chi connectivity index (χ4n) is 3.23. The van der Waals surface area contributed by atoms with E-state index in [-0.39, 0.29) is 12.1 Å². The summed E-state index contributed by atoms with van der Waals surface area (Å²) in [5, 5.41) is 6.49. The summed E-state index contributed by atoms with van der Waals surface area (Å²) in [6.07, 6.45) is 5.67. The van der Waals surface area contributed by atoms with Crippen LogP contribution in [0.25, 0.3) is 0 Å². The number of alkyl carbamates (subject to hydrolysis) is 1. The van der Waals surface area contributed by atoms with E-state index >= 15 is 0 Å². The van der Waals surface area contributed by atoms with E-state index in [1.807, 2.05) is 20.8 Å². The number of nitrogens with one attached hydrogen (secondary N) is 2. The van der Waals surface area contributed by atoms with Crippen LogP contribution in [0.2, 0.25) is 0 Å². The Morgan fingerprint density at radius 1 is 1.39 bits per heavy atom. The normalized spacial score (nSPS) is 32.5. The maximum atomic E-state index is 11.8. The molecular weight excluding hydrogens is 228 g/mol. The highest BCUT2D eigenvalue weighted by Crippen LogP contribution is 2.41. The van der Waals surface area contributed by atoms with E-state index in [2.05, 4.69) is 10.6 Å². The zero-order valence-electron chi connectivity index (χ0n) is 11.8. The van der Waals surface area contributed by atoms with Crippen LogP contribution < -0.4 is 10.6 Å². The summed E-state index contributed by atoms with van der Waals surface area (Å²) in [5.41, 5.74) is 0.0171. The molecule has 0 aromatic rings. The summed E-state index contributed by atoms with van der Waals surface area (Å²) in [5.74, 6) is 0. The van der Waals surface area contributed by atoms with Gasteiger partial charge in [0, 0.05) is 12.6 Å². The van der Waals surface area contributed by atoms with Crippen LogP contribution >= 0.6 is 0 Å². The molecule has 2 aliphatic rings. The molecule has 104 valence electrons. The molecule has 1 saturated carbocycles. The van der Waals surface area contributed by atoms with Crippen molar-refractivity contribution in [2.45, 2.75) is 64.5 Å². The molecule has 1 heterocycles. The molecule has 4 heteroatoms. The van der Waals surface area contributed by atoms with Gasteiger partial charge < -0.3 is 15.4 Å². The van der Waals surface area contributed by atoms with Gasteiger partial charge in [-0.25, -0.2) is 4.79 Å². The number of hydrogen-bond acceptors (Lipinski definition) is 3. The van der Waals surface area contributed by atoms with Crippen LogP contribution in [0.4, 0.5) is 4.79 Å². The molecule has 2 N–H and O–H groups in total. The lowest BCUT2D eigenvalue weighted by molar-refractivity contribution is 0.0464. The minimum absolute atomic E-state index is 0.268. The highest BCUT2D eigenvalue weighted by Gasteiger charge is 2.39. The van der Waals surface area contributed by atoms with E-state index in [0.29, 0.717) is 5.41 Å². The SMILES string of the molecule is CC(C)(C)OC(=O)N[C@@H]1CCC[C@@]2(CCNC2)C1. The van der Waals surface area contributed by atoms with Gasteiger partial charge in [0.05, 0.1) is 0 Å². The third-order valence-electron chi connectivity index (χ3n) is 3.99. The maximum absolute atomic E-state index is 11.8. The maximum Gasteiger partial charge on any atom is 0.407 e. The van der Waals surface area contributed by atoms with Gasteiger partial charge in [-0.1, -0.05) is 6.42 Å². The van der Waals surface area contributed by atoms with Crippen LogP contribution in [0.1, 0.15) is 52.9 Å². The van der Waals surface area contributed by atoms with Crippen molar-refractivity contribution < 1.29 is 9.53 Å². The number of carbonyl (C=O) groups excluding carboxylic acids is 1. The molecule has 2 rings (SSSR count). The molecular formula is C14H26N2O2. The number of ether oxygens (including phenoxy) is 1. The standard InChI is InChI=1S/C14H26N2O2/c1-13(2,3)18-12(17)16-11-5-4-6-14(9-11)7-8-15-10-14/h11,15H,4-10H2,1-3H3,(H,16,17)/t11-,14-/m1/s1. The molecule has 18 heavy (non-hydrogen) atoms. The van der Waals surface area contributed by atoms with Crippen molar-refractivity contribution in [1.29, 1.82) is 0 Å². The summed E-state index contributed by atoms with van der Waals surface area (Å²) in [6, 6.07) is 0.286. The fraction of sp³-hybridized carbons (Fsp3) is 0.929. The Bertz CT molecular complexity index is 303. The van der Waals surface area contributed by atoms with Crippen LogP contribution in [-0.2, 0) is 4.74 Å². The first-order chi connectivity index (χ1) is 8.39. The summed E-state index contributed by atoms with van der Waals surface area (Å²) in [4.78, 5) is 11.8. The van der Waals surface area contributed by atoms with Gasteiger partial charge in [-0.2, -0.15) is 0 Å². The summed E-state index contributed by atoms with van der Waals surface area (Å²) in [7, 11) is 0. The Balaban J connectivity index is 1.84.